The number of ether oxygens (including phenoxy) is 1. The highest BCUT2D eigenvalue weighted by atomic mass is 16.5. The van der Waals surface area contributed by atoms with Crippen LogP contribution in [0.2, 0.25) is 0 Å². The minimum atomic E-state index is 0.299. The Morgan fingerprint density at radius 3 is 2.28 bits per heavy atom. The zero-order chi connectivity index (χ0) is 13.4. The maximum absolute atomic E-state index is 6.30. The van der Waals surface area contributed by atoms with Gasteiger partial charge in [0.2, 0.25) is 0 Å². The summed E-state index contributed by atoms with van der Waals surface area (Å²) in [6.07, 6.45) is 6.01. The van der Waals surface area contributed by atoms with Gasteiger partial charge >= 0.3 is 0 Å². The zero-order valence-corrected chi connectivity index (χ0v) is 12.9. The monoisotopic (exact) mass is 253 g/mol. The van der Waals surface area contributed by atoms with E-state index in [2.05, 4.69) is 39.9 Å². The van der Waals surface area contributed by atoms with E-state index in [1.54, 1.807) is 0 Å². The van der Waals surface area contributed by atoms with E-state index in [1.807, 2.05) is 0 Å². The van der Waals surface area contributed by atoms with Crippen molar-refractivity contribution in [1.29, 1.82) is 0 Å². The fraction of sp³-hybridized carbons (Fsp3) is 1.00. The maximum atomic E-state index is 6.30. The molecular formula is C16H31NO. The van der Waals surface area contributed by atoms with Gasteiger partial charge < -0.3 is 10.1 Å². The molecule has 2 aliphatic heterocycles. The maximum Gasteiger partial charge on any atom is 0.0628 e. The largest absolute Gasteiger partial charge is 0.374 e. The molecule has 1 N–H and O–H groups in total. The summed E-state index contributed by atoms with van der Waals surface area (Å²) >= 11 is 0. The predicted octanol–water partition coefficient (Wildman–Crippen LogP) is 3.61. The molecule has 0 saturated carbocycles. The van der Waals surface area contributed by atoms with Crippen molar-refractivity contribution in [2.75, 3.05) is 13.1 Å². The van der Waals surface area contributed by atoms with Crippen LogP contribution in [-0.4, -0.2) is 25.3 Å². The summed E-state index contributed by atoms with van der Waals surface area (Å²) in [4.78, 5) is 0. The summed E-state index contributed by atoms with van der Waals surface area (Å²) in [6, 6.07) is 0. The third-order valence-electron chi connectivity index (χ3n) is 4.99. The van der Waals surface area contributed by atoms with E-state index in [1.165, 1.54) is 38.8 Å². The molecule has 0 aromatic carbocycles. The van der Waals surface area contributed by atoms with Crippen LogP contribution < -0.4 is 5.32 Å². The Morgan fingerprint density at radius 1 is 1.06 bits per heavy atom. The van der Waals surface area contributed by atoms with E-state index in [-0.39, 0.29) is 0 Å². The summed E-state index contributed by atoms with van der Waals surface area (Å²) in [5.41, 5.74) is 0.717. The first-order valence-corrected chi connectivity index (χ1v) is 7.65. The van der Waals surface area contributed by atoms with Crippen LogP contribution in [0.5, 0.6) is 0 Å². The second-order valence-corrected chi connectivity index (χ2v) is 8.07. The van der Waals surface area contributed by atoms with Gasteiger partial charge in [-0.2, -0.15) is 0 Å². The minimum absolute atomic E-state index is 0.299. The molecule has 2 heteroatoms. The Bertz CT molecular complexity index is 273. The topological polar surface area (TPSA) is 21.3 Å². The van der Waals surface area contributed by atoms with Crippen LogP contribution >= 0.6 is 0 Å². The van der Waals surface area contributed by atoms with Crippen LogP contribution in [-0.2, 0) is 4.74 Å². The van der Waals surface area contributed by atoms with Gasteiger partial charge in [0.25, 0.3) is 0 Å². The number of hydrogen-bond donors (Lipinski definition) is 1. The molecule has 2 nitrogen and oxygen atoms in total. The molecule has 2 rings (SSSR count). The quantitative estimate of drug-likeness (QED) is 0.829. The van der Waals surface area contributed by atoms with Crippen LogP contribution in [0.25, 0.3) is 0 Å². The Morgan fingerprint density at radius 2 is 1.78 bits per heavy atom. The summed E-state index contributed by atoms with van der Waals surface area (Å²) in [6.45, 7) is 14.1. The van der Waals surface area contributed by atoms with Crippen LogP contribution in [0.3, 0.4) is 0 Å². The summed E-state index contributed by atoms with van der Waals surface area (Å²) in [7, 11) is 0. The molecule has 2 aliphatic rings. The van der Waals surface area contributed by atoms with Gasteiger partial charge in [-0.25, -0.2) is 0 Å². The molecule has 0 aromatic heterocycles. The van der Waals surface area contributed by atoms with Gasteiger partial charge in [0.15, 0.2) is 0 Å². The van der Waals surface area contributed by atoms with Crippen molar-refractivity contribution in [2.45, 2.75) is 72.5 Å². The van der Waals surface area contributed by atoms with Crippen molar-refractivity contribution in [3.63, 3.8) is 0 Å². The minimum Gasteiger partial charge on any atom is -0.374 e. The molecule has 0 aliphatic carbocycles. The van der Waals surface area contributed by atoms with E-state index < -0.39 is 0 Å². The molecule has 0 bridgehead atoms. The third-order valence-corrected chi connectivity index (χ3v) is 4.99. The van der Waals surface area contributed by atoms with Crippen molar-refractivity contribution in [1.82, 2.24) is 5.32 Å². The predicted molar refractivity (Wildman–Crippen MR) is 76.7 cm³/mol. The lowest BCUT2D eigenvalue weighted by Crippen LogP contribution is -2.32. The van der Waals surface area contributed by atoms with E-state index in [9.17, 15) is 0 Å². The molecular weight excluding hydrogens is 222 g/mol. The van der Waals surface area contributed by atoms with Gasteiger partial charge in [0.1, 0.15) is 0 Å². The average molecular weight is 253 g/mol. The van der Waals surface area contributed by atoms with E-state index in [0.29, 0.717) is 23.0 Å². The van der Waals surface area contributed by atoms with Crippen LogP contribution in [0, 0.1) is 16.7 Å². The van der Waals surface area contributed by atoms with Crippen LogP contribution in [0.15, 0.2) is 0 Å². The first kappa shape index (κ1) is 14.3. The van der Waals surface area contributed by atoms with E-state index in [0.717, 1.165) is 5.92 Å². The van der Waals surface area contributed by atoms with Gasteiger partial charge in [-0.05, 0) is 55.5 Å². The smallest absolute Gasteiger partial charge is 0.0628 e. The highest BCUT2D eigenvalue weighted by Gasteiger charge is 2.39. The molecule has 0 amide bonds. The van der Waals surface area contributed by atoms with Crippen LogP contribution in [0.1, 0.15) is 60.3 Å². The van der Waals surface area contributed by atoms with Crippen molar-refractivity contribution >= 4 is 0 Å². The summed E-state index contributed by atoms with van der Waals surface area (Å²) in [5, 5.41) is 3.50. The van der Waals surface area contributed by atoms with Gasteiger partial charge in [0.05, 0.1) is 12.2 Å². The number of nitrogens with one attached hydrogen (secondary N) is 1. The van der Waals surface area contributed by atoms with Crippen LogP contribution in [0.4, 0.5) is 0 Å². The fourth-order valence-corrected chi connectivity index (χ4v) is 3.57. The first-order chi connectivity index (χ1) is 8.29. The van der Waals surface area contributed by atoms with Crippen molar-refractivity contribution < 1.29 is 4.74 Å². The molecule has 0 spiro atoms. The number of hydrogen-bond acceptors (Lipinski definition) is 2. The molecule has 2 heterocycles. The Kier molecular flexibility index (Phi) is 4.08. The molecule has 3 unspecified atom stereocenters. The van der Waals surface area contributed by atoms with E-state index in [4.69, 9.17) is 4.74 Å². The lowest BCUT2D eigenvalue weighted by molar-refractivity contribution is -0.0362. The van der Waals surface area contributed by atoms with Crippen molar-refractivity contribution in [3.8, 4) is 0 Å². The SMILES string of the molecule is CC(C)(C)C1CCC(CC(C)(C)C2CCNC2)O1. The number of rotatable bonds is 3. The Balaban J connectivity index is 1.87. The molecule has 0 aromatic rings. The van der Waals surface area contributed by atoms with Crippen molar-refractivity contribution in [3.05, 3.63) is 0 Å². The van der Waals surface area contributed by atoms with Gasteiger partial charge in [-0.15, -0.1) is 0 Å². The molecule has 3 atom stereocenters. The molecule has 2 fully saturated rings. The Labute approximate surface area is 113 Å². The fourth-order valence-electron chi connectivity index (χ4n) is 3.57. The van der Waals surface area contributed by atoms with Gasteiger partial charge in [-0.3, -0.25) is 0 Å². The summed E-state index contributed by atoms with van der Waals surface area (Å²) < 4.78 is 6.30. The van der Waals surface area contributed by atoms with Crippen molar-refractivity contribution in [2.24, 2.45) is 16.7 Å². The lowest BCUT2D eigenvalue weighted by atomic mass is 9.74. The first-order valence-electron chi connectivity index (χ1n) is 7.65. The van der Waals surface area contributed by atoms with Gasteiger partial charge in [0, 0.05) is 0 Å². The average Bonchev–Trinajstić information content (AvgIpc) is 2.83. The molecule has 0 radical (unpaired) electrons. The highest BCUT2D eigenvalue weighted by molar-refractivity contribution is 4.90. The Hall–Kier alpha value is -0.0800. The van der Waals surface area contributed by atoms with E-state index >= 15 is 0 Å². The molecule has 2 saturated heterocycles. The normalized spacial score (nSPS) is 34.2. The second kappa shape index (κ2) is 5.13. The second-order valence-electron chi connectivity index (χ2n) is 8.07. The molecule has 106 valence electrons. The zero-order valence-electron chi connectivity index (χ0n) is 12.9. The van der Waals surface area contributed by atoms with Gasteiger partial charge in [-0.1, -0.05) is 34.6 Å². The highest BCUT2D eigenvalue weighted by Crippen LogP contribution is 2.41. The third kappa shape index (κ3) is 3.27. The summed E-state index contributed by atoms with van der Waals surface area (Å²) in [5.74, 6) is 0.829. The lowest BCUT2D eigenvalue weighted by Gasteiger charge is -2.34. The standard InChI is InChI=1S/C16H31NO/c1-15(2,3)14-7-6-13(18-14)10-16(4,5)12-8-9-17-11-12/h12-14,17H,6-11H2,1-5H3. The molecule has 18 heavy (non-hydrogen) atoms.